The molecule has 24 heavy (non-hydrogen) atoms. The maximum atomic E-state index is 12.2. The maximum absolute atomic E-state index is 12.2. The van der Waals surface area contributed by atoms with Crippen molar-refractivity contribution in [2.45, 2.75) is 12.5 Å². The molecule has 6 heteroatoms. The predicted molar refractivity (Wildman–Crippen MR) is 96.7 cm³/mol. The quantitative estimate of drug-likeness (QED) is 0.715. The summed E-state index contributed by atoms with van der Waals surface area (Å²) in [6.45, 7) is 0.581. The van der Waals surface area contributed by atoms with Crippen LogP contribution in [0.4, 0.5) is 5.95 Å². The molecule has 3 aromatic rings. The van der Waals surface area contributed by atoms with Crippen molar-refractivity contribution in [1.29, 1.82) is 0 Å². The summed E-state index contributed by atoms with van der Waals surface area (Å²) >= 11 is 5.96. The number of para-hydroxylation sites is 1. The third-order valence-electron chi connectivity index (χ3n) is 3.81. The molecule has 1 unspecified atom stereocenters. The zero-order valence-corrected chi connectivity index (χ0v) is 14.0. The number of rotatable bonds is 6. The van der Waals surface area contributed by atoms with E-state index in [1.807, 2.05) is 42.5 Å². The standard InChI is InChI=1S/C18H18ClN3O2/c1-24-11-10-15(12-6-8-13(19)9-7-12)20-18-21-16-5-3-2-4-14(16)17(23)22-18/h2-9,15H,10-11H2,1H3,(H2,20,21,22,23). The monoisotopic (exact) mass is 343 g/mol. The Labute approximate surface area is 144 Å². The molecule has 0 aliphatic rings. The van der Waals surface area contributed by atoms with Crippen LogP contribution in [0.15, 0.2) is 53.3 Å². The number of methoxy groups -OCH3 is 1. The summed E-state index contributed by atoms with van der Waals surface area (Å²) in [7, 11) is 1.66. The highest BCUT2D eigenvalue weighted by atomic mass is 35.5. The van der Waals surface area contributed by atoms with Gasteiger partial charge in [0, 0.05) is 18.7 Å². The first-order valence-corrected chi connectivity index (χ1v) is 8.05. The summed E-state index contributed by atoms with van der Waals surface area (Å²) in [6.07, 6.45) is 0.731. The molecule has 124 valence electrons. The molecule has 1 aromatic heterocycles. The van der Waals surface area contributed by atoms with Gasteiger partial charge in [-0.3, -0.25) is 9.78 Å². The maximum Gasteiger partial charge on any atom is 0.260 e. The number of nitrogens with one attached hydrogen (secondary N) is 2. The average molecular weight is 344 g/mol. The Morgan fingerprint density at radius 2 is 1.96 bits per heavy atom. The van der Waals surface area contributed by atoms with Crippen LogP contribution in [0.3, 0.4) is 0 Å². The van der Waals surface area contributed by atoms with Crippen LogP contribution >= 0.6 is 11.6 Å². The Balaban J connectivity index is 1.92. The molecule has 0 saturated carbocycles. The van der Waals surface area contributed by atoms with Crippen molar-refractivity contribution >= 4 is 28.5 Å². The van der Waals surface area contributed by atoms with Crippen molar-refractivity contribution in [1.82, 2.24) is 9.97 Å². The predicted octanol–water partition coefficient (Wildman–Crippen LogP) is 3.77. The van der Waals surface area contributed by atoms with Crippen molar-refractivity contribution in [3.63, 3.8) is 0 Å². The molecule has 1 atom stereocenters. The lowest BCUT2D eigenvalue weighted by atomic mass is 10.0. The van der Waals surface area contributed by atoms with Crippen LogP contribution in [0.5, 0.6) is 0 Å². The number of fused-ring (bicyclic) bond motifs is 1. The van der Waals surface area contributed by atoms with E-state index in [9.17, 15) is 4.79 Å². The summed E-state index contributed by atoms with van der Waals surface area (Å²) < 4.78 is 5.19. The highest BCUT2D eigenvalue weighted by Gasteiger charge is 2.13. The van der Waals surface area contributed by atoms with E-state index in [0.717, 1.165) is 12.0 Å². The number of H-pyrrole nitrogens is 1. The molecule has 0 radical (unpaired) electrons. The van der Waals surface area contributed by atoms with Crippen LogP contribution in [-0.4, -0.2) is 23.7 Å². The van der Waals surface area contributed by atoms with Crippen LogP contribution in [-0.2, 0) is 4.74 Å². The summed E-state index contributed by atoms with van der Waals surface area (Å²) in [5, 5.41) is 4.55. The highest BCUT2D eigenvalue weighted by molar-refractivity contribution is 6.30. The van der Waals surface area contributed by atoms with E-state index in [1.165, 1.54) is 0 Å². The van der Waals surface area contributed by atoms with Gasteiger partial charge in [0.05, 0.1) is 16.9 Å². The van der Waals surface area contributed by atoms with Gasteiger partial charge in [-0.15, -0.1) is 0 Å². The second-order valence-electron chi connectivity index (χ2n) is 5.46. The van der Waals surface area contributed by atoms with Crippen LogP contribution in [0.25, 0.3) is 10.9 Å². The van der Waals surface area contributed by atoms with Crippen molar-refractivity contribution in [3.05, 3.63) is 69.5 Å². The minimum atomic E-state index is -0.162. The number of hydrogen-bond donors (Lipinski definition) is 2. The minimum absolute atomic E-state index is 0.0495. The van der Waals surface area contributed by atoms with Gasteiger partial charge in [-0.25, -0.2) is 4.98 Å². The second kappa shape index (κ2) is 7.47. The lowest BCUT2D eigenvalue weighted by Crippen LogP contribution is -2.18. The molecule has 2 aromatic carbocycles. The summed E-state index contributed by atoms with van der Waals surface area (Å²) in [6, 6.07) is 14.8. The Morgan fingerprint density at radius 1 is 1.21 bits per heavy atom. The summed E-state index contributed by atoms with van der Waals surface area (Å²) in [5.74, 6) is 0.440. The van der Waals surface area contributed by atoms with Crippen molar-refractivity contribution in [2.24, 2.45) is 0 Å². The molecule has 0 bridgehead atoms. The van der Waals surface area contributed by atoms with Crippen molar-refractivity contribution in [3.8, 4) is 0 Å². The molecule has 1 heterocycles. The molecule has 0 aliphatic heterocycles. The number of benzene rings is 2. The molecule has 3 rings (SSSR count). The van der Waals surface area contributed by atoms with E-state index in [-0.39, 0.29) is 11.6 Å². The molecule has 0 spiro atoms. The summed E-state index contributed by atoms with van der Waals surface area (Å²) in [5.41, 5.74) is 1.54. The smallest absolute Gasteiger partial charge is 0.260 e. The van der Waals surface area contributed by atoms with Gasteiger partial charge in [0.2, 0.25) is 5.95 Å². The van der Waals surface area contributed by atoms with Gasteiger partial charge in [-0.05, 0) is 36.2 Å². The van der Waals surface area contributed by atoms with E-state index in [2.05, 4.69) is 15.3 Å². The molecular formula is C18H18ClN3O2. The molecular weight excluding hydrogens is 326 g/mol. The highest BCUT2D eigenvalue weighted by Crippen LogP contribution is 2.23. The molecule has 0 aliphatic carbocycles. The molecule has 2 N–H and O–H groups in total. The van der Waals surface area contributed by atoms with E-state index >= 15 is 0 Å². The minimum Gasteiger partial charge on any atom is -0.385 e. The number of aromatic nitrogens is 2. The van der Waals surface area contributed by atoms with Gasteiger partial charge in [0.1, 0.15) is 0 Å². The topological polar surface area (TPSA) is 67.0 Å². The summed E-state index contributed by atoms with van der Waals surface area (Å²) in [4.78, 5) is 19.5. The van der Waals surface area contributed by atoms with Crippen molar-refractivity contribution < 1.29 is 4.74 Å². The fourth-order valence-corrected chi connectivity index (χ4v) is 2.70. The third-order valence-corrected chi connectivity index (χ3v) is 4.06. The second-order valence-corrected chi connectivity index (χ2v) is 5.90. The van der Waals surface area contributed by atoms with E-state index in [4.69, 9.17) is 16.3 Å². The van der Waals surface area contributed by atoms with Gasteiger partial charge in [-0.1, -0.05) is 35.9 Å². The van der Waals surface area contributed by atoms with Crippen LogP contribution in [0.2, 0.25) is 5.02 Å². The lowest BCUT2D eigenvalue weighted by molar-refractivity contribution is 0.190. The van der Waals surface area contributed by atoms with Gasteiger partial charge in [0.25, 0.3) is 5.56 Å². The Kier molecular flexibility index (Phi) is 5.13. The molecule has 0 fully saturated rings. The Hall–Kier alpha value is -2.37. The number of hydrogen-bond acceptors (Lipinski definition) is 4. The van der Waals surface area contributed by atoms with Gasteiger partial charge in [0.15, 0.2) is 0 Å². The normalized spacial score (nSPS) is 12.2. The zero-order valence-electron chi connectivity index (χ0n) is 13.3. The number of anilines is 1. The van der Waals surface area contributed by atoms with Crippen molar-refractivity contribution in [2.75, 3.05) is 19.0 Å². The van der Waals surface area contributed by atoms with E-state index in [1.54, 1.807) is 13.2 Å². The Bertz CT molecular complexity index is 877. The van der Waals surface area contributed by atoms with Gasteiger partial charge < -0.3 is 10.1 Å². The average Bonchev–Trinajstić information content (AvgIpc) is 2.59. The number of halogens is 1. The van der Waals surface area contributed by atoms with E-state index in [0.29, 0.717) is 28.5 Å². The fraction of sp³-hybridized carbons (Fsp3) is 0.222. The SMILES string of the molecule is COCCC(Nc1nc2ccccc2c(=O)[nH]1)c1ccc(Cl)cc1. The van der Waals surface area contributed by atoms with Crippen LogP contribution < -0.4 is 10.9 Å². The zero-order chi connectivity index (χ0) is 16.9. The number of aromatic amines is 1. The third kappa shape index (κ3) is 3.75. The number of ether oxygens (including phenoxy) is 1. The van der Waals surface area contributed by atoms with Crippen LogP contribution in [0, 0.1) is 0 Å². The first-order valence-electron chi connectivity index (χ1n) is 7.67. The lowest BCUT2D eigenvalue weighted by Gasteiger charge is -2.19. The molecule has 5 nitrogen and oxygen atoms in total. The van der Waals surface area contributed by atoms with E-state index < -0.39 is 0 Å². The fourth-order valence-electron chi connectivity index (χ4n) is 2.57. The first kappa shape index (κ1) is 16.5. The van der Waals surface area contributed by atoms with Gasteiger partial charge >= 0.3 is 0 Å². The molecule has 0 amide bonds. The van der Waals surface area contributed by atoms with Gasteiger partial charge in [-0.2, -0.15) is 0 Å². The number of nitrogens with zero attached hydrogens (tertiary/aromatic N) is 1. The Morgan fingerprint density at radius 3 is 2.71 bits per heavy atom. The first-order chi connectivity index (χ1) is 11.7. The van der Waals surface area contributed by atoms with Crippen LogP contribution in [0.1, 0.15) is 18.0 Å². The largest absolute Gasteiger partial charge is 0.385 e. The molecule has 0 saturated heterocycles.